The first-order chi connectivity index (χ1) is 9.31. The second kappa shape index (κ2) is 5.06. The van der Waals surface area contributed by atoms with Crippen molar-refractivity contribution in [1.82, 2.24) is 5.32 Å². The Hall–Kier alpha value is -1.80. The van der Waals surface area contributed by atoms with Gasteiger partial charge in [-0.1, -0.05) is 43.3 Å². The Kier molecular flexibility index (Phi) is 3.26. The first-order valence-electron chi connectivity index (χ1n) is 6.77. The van der Waals surface area contributed by atoms with Gasteiger partial charge >= 0.3 is 0 Å². The van der Waals surface area contributed by atoms with Crippen LogP contribution < -0.4 is 10.1 Å². The van der Waals surface area contributed by atoms with Gasteiger partial charge in [-0.25, -0.2) is 0 Å². The van der Waals surface area contributed by atoms with Crippen molar-refractivity contribution in [3.8, 4) is 16.9 Å². The Bertz CT molecular complexity index is 592. The third-order valence-electron chi connectivity index (χ3n) is 3.85. The largest absolute Gasteiger partial charge is 0.496 e. The first-order valence-corrected chi connectivity index (χ1v) is 6.77. The summed E-state index contributed by atoms with van der Waals surface area (Å²) in [6.45, 7) is 4.28. The monoisotopic (exact) mass is 253 g/mol. The highest BCUT2D eigenvalue weighted by Gasteiger charge is 2.21. The minimum atomic E-state index is 0.532. The maximum absolute atomic E-state index is 5.51. The number of hydrogen-bond acceptors (Lipinski definition) is 2. The molecule has 0 aliphatic carbocycles. The molecule has 0 radical (unpaired) electrons. The van der Waals surface area contributed by atoms with Gasteiger partial charge in [-0.05, 0) is 28.7 Å². The Morgan fingerprint density at radius 3 is 2.68 bits per heavy atom. The first kappa shape index (κ1) is 12.2. The van der Waals surface area contributed by atoms with Crippen molar-refractivity contribution in [3.05, 3.63) is 53.6 Å². The van der Waals surface area contributed by atoms with Gasteiger partial charge in [-0.15, -0.1) is 0 Å². The second-order valence-electron chi connectivity index (χ2n) is 5.11. The zero-order valence-electron chi connectivity index (χ0n) is 11.4. The van der Waals surface area contributed by atoms with Crippen molar-refractivity contribution in [2.24, 2.45) is 0 Å². The molecular weight excluding hydrogens is 234 g/mol. The maximum Gasteiger partial charge on any atom is 0.126 e. The Morgan fingerprint density at radius 2 is 1.84 bits per heavy atom. The van der Waals surface area contributed by atoms with Crippen LogP contribution in [-0.2, 0) is 6.54 Å². The standard InChI is InChI=1S/C17H19NO/c1-12-10-18-11-13-6-5-8-15(17(12)13)14-7-3-4-9-16(14)19-2/h3-9,12,18H,10-11H2,1-2H3. The van der Waals surface area contributed by atoms with E-state index in [0.29, 0.717) is 5.92 Å². The lowest BCUT2D eigenvalue weighted by Crippen LogP contribution is -2.27. The van der Waals surface area contributed by atoms with Crippen molar-refractivity contribution in [2.45, 2.75) is 19.4 Å². The van der Waals surface area contributed by atoms with Crippen LogP contribution in [-0.4, -0.2) is 13.7 Å². The summed E-state index contributed by atoms with van der Waals surface area (Å²) in [7, 11) is 1.74. The number of fused-ring (bicyclic) bond motifs is 1. The average molecular weight is 253 g/mol. The summed E-state index contributed by atoms with van der Waals surface area (Å²) in [6, 6.07) is 14.8. The molecule has 0 saturated carbocycles. The topological polar surface area (TPSA) is 21.3 Å². The lowest BCUT2D eigenvalue weighted by molar-refractivity contribution is 0.416. The highest BCUT2D eigenvalue weighted by Crippen LogP contribution is 2.38. The minimum Gasteiger partial charge on any atom is -0.496 e. The van der Waals surface area contributed by atoms with Crippen molar-refractivity contribution < 1.29 is 4.74 Å². The fourth-order valence-corrected chi connectivity index (χ4v) is 2.98. The van der Waals surface area contributed by atoms with Crippen molar-refractivity contribution >= 4 is 0 Å². The van der Waals surface area contributed by atoms with Crippen LogP contribution >= 0.6 is 0 Å². The van der Waals surface area contributed by atoms with E-state index in [1.54, 1.807) is 7.11 Å². The lowest BCUT2D eigenvalue weighted by atomic mass is 9.85. The van der Waals surface area contributed by atoms with Gasteiger partial charge in [-0.3, -0.25) is 0 Å². The van der Waals surface area contributed by atoms with Gasteiger partial charge in [0.05, 0.1) is 7.11 Å². The number of methoxy groups -OCH3 is 1. The zero-order valence-corrected chi connectivity index (χ0v) is 11.4. The van der Waals surface area contributed by atoms with E-state index in [2.05, 4.69) is 42.6 Å². The molecule has 3 rings (SSSR count). The molecule has 19 heavy (non-hydrogen) atoms. The highest BCUT2D eigenvalue weighted by atomic mass is 16.5. The van der Waals surface area contributed by atoms with Gasteiger partial charge < -0.3 is 10.1 Å². The molecule has 98 valence electrons. The Labute approximate surface area is 114 Å². The number of para-hydroxylation sites is 1. The smallest absolute Gasteiger partial charge is 0.126 e. The van der Waals surface area contributed by atoms with Crippen LogP contribution in [0.15, 0.2) is 42.5 Å². The van der Waals surface area contributed by atoms with E-state index in [-0.39, 0.29) is 0 Å². The summed E-state index contributed by atoms with van der Waals surface area (Å²) in [4.78, 5) is 0. The summed E-state index contributed by atoms with van der Waals surface area (Å²) in [5.41, 5.74) is 5.37. The fraction of sp³-hybridized carbons (Fsp3) is 0.294. The van der Waals surface area contributed by atoms with Crippen LogP contribution in [0.1, 0.15) is 24.0 Å². The van der Waals surface area contributed by atoms with E-state index in [1.807, 2.05) is 12.1 Å². The van der Waals surface area contributed by atoms with Crippen molar-refractivity contribution in [3.63, 3.8) is 0 Å². The third kappa shape index (κ3) is 2.13. The molecule has 0 fully saturated rings. The van der Waals surface area contributed by atoms with Crippen molar-refractivity contribution in [2.75, 3.05) is 13.7 Å². The number of rotatable bonds is 2. The minimum absolute atomic E-state index is 0.532. The molecule has 1 heterocycles. The Morgan fingerprint density at radius 1 is 1.05 bits per heavy atom. The summed E-state index contributed by atoms with van der Waals surface area (Å²) < 4.78 is 5.51. The van der Waals surface area contributed by atoms with E-state index in [4.69, 9.17) is 4.74 Å². The number of benzene rings is 2. The molecule has 2 heteroatoms. The summed E-state index contributed by atoms with van der Waals surface area (Å²) in [5.74, 6) is 1.48. The molecule has 1 atom stereocenters. The number of hydrogen-bond donors (Lipinski definition) is 1. The van der Waals surface area contributed by atoms with E-state index in [9.17, 15) is 0 Å². The van der Waals surface area contributed by atoms with Gasteiger partial charge in [0.1, 0.15) is 5.75 Å². The second-order valence-corrected chi connectivity index (χ2v) is 5.11. The van der Waals surface area contributed by atoms with E-state index < -0.39 is 0 Å². The summed E-state index contributed by atoms with van der Waals surface area (Å²) in [6.07, 6.45) is 0. The maximum atomic E-state index is 5.51. The molecular formula is C17H19NO. The number of nitrogens with one attached hydrogen (secondary N) is 1. The van der Waals surface area contributed by atoms with E-state index in [0.717, 1.165) is 18.8 Å². The molecule has 2 nitrogen and oxygen atoms in total. The molecule has 0 spiro atoms. The predicted molar refractivity (Wildman–Crippen MR) is 78.6 cm³/mol. The van der Waals surface area contributed by atoms with Gasteiger partial charge in [0, 0.05) is 18.7 Å². The third-order valence-corrected chi connectivity index (χ3v) is 3.85. The molecule has 1 unspecified atom stereocenters. The molecule has 0 bridgehead atoms. The summed E-state index contributed by atoms with van der Waals surface area (Å²) in [5, 5.41) is 3.47. The lowest BCUT2D eigenvalue weighted by Gasteiger charge is -2.26. The fourth-order valence-electron chi connectivity index (χ4n) is 2.98. The van der Waals surface area contributed by atoms with Gasteiger partial charge in [0.2, 0.25) is 0 Å². The normalized spacial score (nSPS) is 17.9. The molecule has 1 aliphatic rings. The van der Waals surface area contributed by atoms with Crippen LogP contribution in [0.4, 0.5) is 0 Å². The van der Waals surface area contributed by atoms with Crippen LogP contribution in [0.5, 0.6) is 5.75 Å². The van der Waals surface area contributed by atoms with Gasteiger partial charge in [-0.2, -0.15) is 0 Å². The molecule has 0 amide bonds. The summed E-state index contributed by atoms with van der Waals surface area (Å²) >= 11 is 0. The Balaban J connectivity index is 2.20. The zero-order chi connectivity index (χ0) is 13.2. The van der Waals surface area contributed by atoms with E-state index >= 15 is 0 Å². The highest BCUT2D eigenvalue weighted by molar-refractivity contribution is 5.75. The van der Waals surface area contributed by atoms with Crippen LogP contribution in [0.2, 0.25) is 0 Å². The molecule has 2 aromatic carbocycles. The molecule has 0 saturated heterocycles. The molecule has 0 aromatic heterocycles. The predicted octanol–water partition coefficient (Wildman–Crippen LogP) is 3.57. The SMILES string of the molecule is COc1ccccc1-c1cccc2c1C(C)CNC2. The van der Waals surface area contributed by atoms with E-state index in [1.165, 1.54) is 22.3 Å². The van der Waals surface area contributed by atoms with Crippen LogP contribution in [0, 0.1) is 0 Å². The quantitative estimate of drug-likeness (QED) is 0.883. The van der Waals surface area contributed by atoms with Crippen molar-refractivity contribution in [1.29, 1.82) is 0 Å². The van der Waals surface area contributed by atoms with Crippen LogP contribution in [0.25, 0.3) is 11.1 Å². The molecule has 2 aromatic rings. The molecule has 1 N–H and O–H groups in total. The number of ether oxygens (including phenoxy) is 1. The average Bonchev–Trinajstić information content (AvgIpc) is 2.47. The van der Waals surface area contributed by atoms with Gasteiger partial charge in [0.25, 0.3) is 0 Å². The van der Waals surface area contributed by atoms with Crippen LogP contribution in [0.3, 0.4) is 0 Å². The molecule has 1 aliphatic heterocycles. The van der Waals surface area contributed by atoms with Gasteiger partial charge in [0.15, 0.2) is 0 Å².